The van der Waals surface area contributed by atoms with Gasteiger partial charge >= 0.3 is 0 Å². The Morgan fingerprint density at radius 3 is 3.00 bits per heavy atom. The van der Waals surface area contributed by atoms with Crippen molar-refractivity contribution >= 4 is 5.78 Å². The third-order valence-electron chi connectivity index (χ3n) is 2.45. The number of Topliss-reactive ketones (excluding diaryl/α,β-unsaturated/α-hetero) is 1. The Balaban J connectivity index is 1.94. The van der Waals surface area contributed by atoms with Crippen LogP contribution in [-0.2, 0) is 11.2 Å². The third kappa shape index (κ3) is 2.62. The summed E-state index contributed by atoms with van der Waals surface area (Å²) in [7, 11) is 0. The van der Waals surface area contributed by atoms with Crippen molar-refractivity contribution in [1.29, 1.82) is 0 Å². The minimum absolute atomic E-state index is 0.0841. The van der Waals surface area contributed by atoms with Crippen LogP contribution in [0.2, 0.25) is 0 Å². The Hall–Kier alpha value is -1.23. The van der Waals surface area contributed by atoms with E-state index < -0.39 is 0 Å². The molecule has 0 N–H and O–H groups in total. The lowest BCUT2D eigenvalue weighted by molar-refractivity contribution is 0.0153. The molecule has 1 aliphatic rings. The summed E-state index contributed by atoms with van der Waals surface area (Å²) >= 11 is 0. The first-order valence-corrected chi connectivity index (χ1v) is 5.21. The smallest absolute Gasteiger partial charge is 0.293 e. The molecule has 2 rings (SSSR count). The van der Waals surface area contributed by atoms with Crippen LogP contribution >= 0.6 is 0 Å². The van der Waals surface area contributed by atoms with Crippen LogP contribution in [0.3, 0.4) is 0 Å². The number of nitrogens with zero attached hydrogens (tertiary/aromatic N) is 2. The molecule has 82 valence electrons. The summed E-state index contributed by atoms with van der Waals surface area (Å²) in [6.45, 7) is 2.22. The van der Waals surface area contributed by atoms with Crippen molar-refractivity contribution < 1.29 is 14.1 Å². The zero-order chi connectivity index (χ0) is 10.7. The van der Waals surface area contributed by atoms with Gasteiger partial charge in [0.25, 0.3) is 5.89 Å². The second-order valence-electron chi connectivity index (χ2n) is 3.76. The quantitative estimate of drug-likeness (QED) is 0.705. The van der Waals surface area contributed by atoms with E-state index in [1.807, 2.05) is 0 Å². The summed E-state index contributed by atoms with van der Waals surface area (Å²) in [6.07, 6.45) is 4.15. The molecule has 0 radical (unpaired) electrons. The second-order valence-corrected chi connectivity index (χ2v) is 3.76. The SMILES string of the molecule is CC(=O)c1nc(CC2CCCCO2)no1. The standard InChI is InChI=1S/C10H14N2O3/c1-7(13)10-11-9(12-15-10)6-8-4-2-3-5-14-8/h8H,2-6H2,1H3. The van der Waals surface area contributed by atoms with Crippen molar-refractivity contribution in [2.24, 2.45) is 0 Å². The summed E-state index contributed by atoms with van der Waals surface area (Å²) < 4.78 is 10.3. The molecule has 1 aliphatic heterocycles. The maximum Gasteiger partial charge on any atom is 0.293 e. The fourth-order valence-corrected chi connectivity index (χ4v) is 1.65. The van der Waals surface area contributed by atoms with Crippen LogP contribution in [0, 0.1) is 0 Å². The number of rotatable bonds is 3. The van der Waals surface area contributed by atoms with Crippen molar-refractivity contribution in [2.75, 3.05) is 6.61 Å². The van der Waals surface area contributed by atoms with E-state index in [1.165, 1.54) is 13.3 Å². The molecule has 1 atom stereocenters. The van der Waals surface area contributed by atoms with E-state index >= 15 is 0 Å². The monoisotopic (exact) mass is 210 g/mol. The first-order chi connectivity index (χ1) is 7.25. The van der Waals surface area contributed by atoms with E-state index in [0.717, 1.165) is 19.4 Å². The normalized spacial score (nSPS) is 21.5. The third-order valence-corrected chi connectivity index (χ3v) is 2.45. The van der Waals surface area contributed by atoms with E-state index in [4.69, 9.17) is 9.26 Å². The highest BCUT2D eigenvalue weighted by atomic mass is 16.5. The molecule has 0 amide bonds. The molecule has 0 saturated carbocycles. The van der Waals surface area contributed by atoms with Gasteiger partial charge in [-0.15, -0.1) is 0 Å². The summed E-state index contributed by atoms with van der Waals surface area (Å²) in [4.78, 5) is 14.9. The van der Waals surface area contributed by atoms with E-state index in [9.17, 15) is 4.79 Å². The van der Waals surface area contributed by atoms with E-state index in [-0.39, 0.29) is 17.8 Å². The minimum atomic E-state index is -0.196. The largest absolute Gasteiger partial charge is 0.378 e. The second kappa shape index (κ2) is 4.53. The number of ketones is 1. The van der Waals surface area contributed by atoms with Gasteiger partial charge in [0, 0.05) is 20.0 Å². The van der Waals surface area contributed by atoms with E-state index in [0.29, 0.717) is 12.2 Å². The predicted molar refractivity (Wildman–Crippen MR) is 51.6 cm³/mol. The van der Waals surface area contributed by atoms with Crippen LogP contribution < -0.4 is 0 Å². The molecule has 1 saturated heterocycles. The van der Waals surface area contributed by atoms with Crippen molar-refractivity contribution in [3.63, 3.8) is 0 Å². The molecule has 5 heteroatoms. The molecular weight excluding hydrogens is 196 g/mol. The lowest BCUT2D eigenvalue weighted by Crippen LogP contribution is -2.21. The van der Waals surface area contributed by atoms with Gasteiger partial charge < -0.3 is 9.26 Å². The lowest BCUT2D eigenvalue weighted by Gasteiger charge is -2.20. The number of hydrogen-bond acceptors (Lipinski definition) is 5. The number of aromatic nitrogens is 2. The van der Waals surface area contributed by atoms with Crippen molar-refractivity contribution in [2.45, 2.75) is 38.7 Å². The molecule has 15 heavy (non-hydrogen) atoms. The van der Waals surface area contributed by atoms with Crippen LogP contribution in [0.1, 0.15) is 42.7 Å². The highest BCUT2D eigenvalue weighted by Crippen LogP contribution is 2.15. The van der Waals surface area contributed by atoms with E-state index in [2.05, 4.69) is 10.1 Å². The van der Waals surface area contributed by atoms with Crippen LogP contribution in [0.15, 0.2) is 4.52 Å². The number of carbonyl (C=O) groups excluding carboxylic acids is 1. The Labute approximate surface area is 87.8 Å². The Morgan fingerprint density at radius 1 is 1.53 bits per heavy atom. The van der Waals surface area contributed by atoms with Crippen LogP contribution in [0.25, 0.3) is 0 Å². The highest BCUT2D eigenvalue weighted by Gasteiger charge is 2.18. The van der Waals surface area contributed by atoms with Crippen LogP contribution in [0.4, 0.5) is 0 Å². The van der Waals surface area contributed by atoms with Gasteiger partial charge in [0.15, 0.2) is 5.82 Å². The molecule has 1 aromatic rings. The fraction of sp³-hybridized carbons (Fsp3) is 0.700. The van der Waals surface area contributed by atoms with Gasteiger partial charge in [0.05, 0.1) is 6.10 Å². The molecule has 1 unspecified atom stereocenters. The number of hydrogen-bond donors (Lipinski definition) is 0. The van der Waals surface area contributed by atoms with Crippen molar-refractivity contribution in [3.8, 4) is 0 Å². The Morgan fingerprint density at radius 2 is 2.40 bits per heavy atom. The fourth-order valence-electron chi connectivity index (χ4n) is 1.65. The van der Waals surface area contributed by atoms with Gasteiger partial charge in [-0.1, -0.05) is 5.16 Å². The topological polar surface area (TPSA) is 65.2 Å². The van der Waals surface area contributed by atoms with Crippen LogP contribution in [-0.4, -0.2) is 28.6 Å². The molecule has 0 bridgehead atoms. The summed E-state index contributed by atoms with van der Waals surface area (Å²) in [5.74, 6) is 0.450. The van der Waals surface area contributed by atoms with Crippen LogP contribution in [0.5, 0.6) is 0 Å². The minimum Gasteiger partial charge on any atom is -0.378 e. The van der Waals surface area contributed by atoms with Gasteiger partial charge in [0.1, 0.15) is 0 Å². The first-order valence-electron chi connectivity index (χ1n) is 5.21. The van der Waals surface area contributed by atoms with E-state index in [1.54, 1.807) is 0 Å². The summed E-state index contributed by atoms with van der Waals surface area (Å²) in [6, 6.07) is 0. The maximum atomic E-state index is 10.9. The molecule has 0 aromatic carbocycles. The number of ether oxygens (including phenoxy) is 1. The summed E-state index contributed by atoms with van der Waals surface area (Å²) in [5.41, 5.74) is 0. The van der Waals surface area contributed by atoms with Gasteiger partial charge in [-0.2, -0.15) is 4.98 Å². The number of carbonyl (C=O) groups is 1. The van der Waals surface area contributed by atoms with Gasteiger partial charge in [-0.05, 0) is 19.3 Å². The average Bonchev–Trinajstić information content (AvgIpc) is 2.68. The van der Waals surface area contributed by atoms with Gasteiger partial charge in [-0.3, -0.25) is 4.79 Å². The first kappa shape index (κ1) is 10.3. The molecule has 1 fully saturated rings. The molecule has 5 nitrogen and oxygen atoms in total. The molecule has 0 spiro atoms. The van der Waals surface area contributed by atoms with Gasteiger partial charge in [0.2, 0.25) is 5.78 Å². The Bertz CT molecular complexity index is 342. The average molecular weight is 210 g/mol. The lowest BCUT2D eigenvalue weighted by atomic mass is 10.1. The molecule has 0 aliphatic carbocycles. The molecule has 1 aromatic heterocycles. The zero-order valence-corrected chi connectivity index (χ0v) is 8.73. The molecular formula is C10H14N2O3. The Kier molecular flexibility index (Phi) is 3.11. The van der Waals surface area contributed by atoms with Gasteiger partial charge in [-0.25, -0.2) is 0 Å². The highest BCUT2D eigenvalue weighted by molar-refractivity contribution is 5.89. The molecule has 2 heterocycles. The van der Waals surface area contributed by atoms with Crippen molar-refractivity contribution in [3.05, 3.63) is 11.7 Å². The summed E-state index contributed by atoms with van der Waals surface area (Å²) in [5, 5.41) is 3.74. The maximum absolute atomic E-state index is 10.9. The predicted octanol–water partition coefficient (Wildman–Crippen LogP) is 1.38. The van der Waals surface area contributed by atoms with Crippen molar-refractivity contribution in [1.82, 2.24) is 10.1 Å². The zero-order valence-electron chi connectivity index (χ0n) is 8.73.